The summed E-state index contributed by atoms with van der Waals surface area (Å²) in [6, 6.07) is 8.09. The minimum Gasteiger partial charge on any atom is -0.485 e. The van der Waals surface area contributed by atoms with Crippen molar-refractivity contribution in [2.75, 3.05) is 18.1 Å². The normalized spacial score (nSPS) is 18.4. The maximum Gasteiger partial charge on any atom is 0.252 e. The molecule has 1 fully saturated rings. The van der Waals surface area contributed by atoms with E-state index >= 15 is 0 Å². The Bertz CT molecular complexity index is 1010. The number of para-hydroxylation sites is 1. The van der Waals surface area contributed by atoms with Crippen LogP contribution in [-0.2, 0) is 9.84 Å². The van der Waals surface area contributed by atoms with Crippen molar-refractivity contribution in [3.8, 4) is 5.75 Å². The van der Waals surface area contributed by atoms with Crippen LogP contribution in [0.5, 0.6) is 5.75 Å². The lowest BCUT2D eigenvalue weighted by Gasteiger charge is -2.16. The zero-order valence-electron chi connectivity index (χ0n) is 15.3. The summed E-state index contributed by atoms with van der Waals surface area (Å²) >= 11 is 0. The van der Waals surface area contributed by atoms with Crippen LogP contribution in [0, 0.1) is 13.8 Å². The van der Waals surface area contributed by atoms with Crippen LogP contribution in [0.1, 0.15) is 44.6 Å². The minimum absolute atomic E-state index is 0.0967. The number of nitrogens with two attached hydrogens (primary N) is 1. The first-order chi connectivity index (χ1) is 12.7. The molecule has 1 aromatic heterocycles. The van der Waals surface area contributed by atoms with E-state index in [-0.39, 0.29) is 41.3 Å². The van der Waals surface area contributed by atoms with Gasteiger partial charge in [-0.25, -0.2) is 8.42 Å². The molecule has 1 amide bonds. The third-order valence-electron chi connectivity index (χ3n) is 4.87. The van der Waals surface area contributed by atoms with Crippen LogP contribution in [0.3, 0.4) is 0 Å². The number of carbonyl (C=O) groups excluding carboxylic acids is 2. The third-order valence-corrected chi connectivity index (χ3v) is 6.62. The number of primary amides is 1. The van der Waals surface area contributed by atoms with Gasteiger partial charge in [-0.15, -0.1) is 0 Å². The number of hydrogen-bond donors (Lipinski definition) is 1. The van der Waals surface area contributed by atoms with Crippen LogP contribution < -0.4 is 10.5 Å². The van der Waals surface area contributed by atoms with Crippen LogP contribution >= 0.6 is 0 Å². The average Bonchev–Trinajstić information content (AvgIpc) is 3.11. The molecule has 144 valence electrons. The van der Waals surface area contributed by atoms with Gasteiger partial charge in [0, 0.05) is 23.0 Å². The molecule has 0 radical (unpaired) electrons. The predicted molar refractivity (Wildman–Crippen MR) is 101 cm³/mol. The van der Waals surface area contributed by atoms with Gasteiger partial charge in [-0.1, -0.05) is 12.1 Å². The topological polar surface area (TPSA) is 108 Å². The van der Waals surface area contributed by atoms with E-state index in [0.29, 0.717) is 12.0 Å². The molecule has 0 spiro atoms. The molecule has 2 N–H and O–H groups in total. The molecule has 0 bridgehead atoms. The molecule has 0 saturated carbocycles. The van der Waals surface area contributed by atoms with Crippen molar-refractivity contribution >= 4 is 21.5 Å². The van der Waals surface area contributed by atoms with Crippen molar-refractivity contribution in [3.63, 3.8) is 0 Å². The summed E-state index contributed by atoms with van der Waals surface area (Å²) in [5.74, 6) is -0.341. The number of hydrogen-bond acceptors (Lipinski definition) is 5. The summed E-state index contributed by atoms with van der Waals surface area (Å²) in [6.07, 6.45) is 0.550. The number of amides is 1. The molecular formula is C19H22N2O5S. The molecule has 0 unspecified atom stereocenters. The first kappa shape index (κ1) is 19.2. The highest BCUT2D eigenvalue weighted by atomic mass is 32.2. The van der Waals surface area contributed by atoms with Crippen molar-refractivity contribution in [1.29, 1.82) is 0 Å². The Balaban J connectivity index is 1.79. The monoisotopic (exact) mass is 390 g/mol. The van der Waals surface area contributed by atoms with Gasteiger partial charge in [0.05, 0.1) is 17.1 Å². The lowest BCUT2D eigenvalue weighted by atomic mass is 10.1. The molecule has 1 saturated heterocycles. The number of carbonyl (C=O) groups is 2. The van der Waals surface area contributed by atoms with E-state index in [2.05, 4.69) is 0 Å². The fourth-order valence-electron chi connectivity index (χ4n) is 3.62. The van der Waals surface area contributed by atoms with Gasteiger partial charge >= 0.3 is 0 Å². The molecular weight excluding hydrogens is 368 g/mol. The van der Waals surface area contributed by atoms with E-state index in [9.17, 15) is 18.0 Å². The molecule has 2 heterocycles. The summed E-state index contributed by atoms with van der Waals surface area (Å²) in [5.41, 5.74) is 7.59. The number of ether oxygens (including phenoxy) is 1. The number of benzene rings is 1. The Morgan fingerprint density at radius 1 is 1.22 bits per heavy atom. The number of aromatic nitrogens is 1. The van der Waals surface area contributed by atoms with Crippen molar-refractivity contribution in [1.82, 2.24) is 4.57 Å². The lowest BCUT2D eigenvalue weighted by molar-refractivity contribution is 0.0911. The highest BCUT2D eigenvalue weighted by molar-refractivity contribution is 7.91. The molecule has 2 aromatic rings. The lowest BCUT2D eigenvalue weighted by Crippen LogP contribution is -2.18. The second kappa shape index (κ2) is 7.19. The van der Waals surface area contributed by atoms with E-state index in [1.165, 1.54) is 6.07 Å². The van der Waals surface area contributed by atoms with Crippen LogP contribution in [0.2, 0.25) is 0 Å². The molecule has 27 heavy (non-hydrogen) atoms. The molecule has 1 aliphatic rings. The quantitative estimate of drug-likeness (QED) is 0.757. The van der Waals surface area contributed by atoms with Gasteiger partial charge in [-0.2, -0.15) is 0 Å². The number of aryl methyl sites for hydroxylation is 1. The third kappa shape index (κ3) is 3.90. The number of nitrogens with zero attached hydrogens (tertiary/aromatic N) is 1. The fourth-order valence-corrected chi connectivity index (χ4v) is 5.32. The van der Waals surface area contributed by atoms with Crippen LogP contribution in [-0.4, -0.2) is 42.8 Å². The van der Waals surface area contributed by atoms with E-state index in [1.54, 1.807) is 24.3 Å². The predicted octanol–water partition coefficient (Wildman–Crippen LogP) is 1.83. The maximum absolute atomic E-state index is 12.7. The Kier molecular flexibility index (Phi) is 5.10. The largest absolute Gasteiger partial charge is 0.485 e. The van der Waals surface area contributed by atoms with Crippen molar-refractivity contribution in [3.05, 3.63) is 52.8 Å². The molecule has 3 rings (SSSR count). The average molecular weight is 390 g/mol. The number of sulfone groups is 1. The summed E-state index contributed by atoms with van der Waals surface area (Å²) in [5, 5.41) is 0. The molecule has 1 aliphatic heterocycles. The van der Waals surface area contributed by atoms with Crippen molar-refractivity contribution < 1.29 is 22.7 Å². The van der Waals surface area contributed by atoms with Gasteiger partial charge in [0.25, 0.3) is 5.91 Å². The smallest absolute Gasteiger partial charge is 0.252 e. The van der Waals surface area contributed by atoms with E-state index < -0.39 is 15.7 Å². The molecule has 8 heteroatoms. The Morgan fingerprint density at radius 2 is 1.93 bits per heavy atom. The number of ketones is 1. The Morgan fingerprint density at radius 3 is 2.56 bits per heavy atom. The first-order valence-electron chi connectivity index (χ1n) is 8.63. The number of Topliss-reactive ketones (excluding diaryl/α,β-unsaturated/α-hetero) is 1. The Labute approximate surface area is 158 Å². The maximum atomic E-state index is 12.7. The molecule has 7 nitrogen and oxygen atoms in total. The second-order valence-corrected chi connectivity index (χ2v) is 9.01. The standard InChI is InChI=1S/C19H22N2O5S/c1-12-9-16(13(2)21(12)14-7-8-27(24,25)11-14)17(22)10-26-18-6-4-3-5-15(18)19(20)23/h3-6,9,14H,7-8,10-11H2,1-2H3,(H2,20,23)/t14-/m0/s1. The van der Waals surface area contributed by atoms with E-state index in [4.69, 9.17) is 10.5 Å². The van der Waals surface area contributed by atoms with Crippen LogP contribution in [0.4, 0.5) is 0 Å². The van der Waals surface area contributed by atoms with E-state index in [0.717, 1.165) is 11.4 Å². The van der Waals surface area contributed by atoms with Crippen LogP contribution in [0.25, 0.3) is 0 Å². The van der Waals surface area contributed by atoms with Gasteiger partial charge in [0.1, 0.15) is 5.75 Å². The number of rotatable bonds is 6. The zero-order chi connectivity index (χ0) is 19.8. The summed E-state index contributed by atoms with van der Waals surface area (Å²) in [4.78, 5) is 24.1. The van der Waals surface area contributed by atoms with Gasteiger partial charge in [-0.05, 0) is 38.5 Å². The zero-order valence-corrected chi connectivity index (χ0v) is 16.1. The highest BCUT2D eigenvalue weighted by Gasteiger charge is 2.31. The van der Waals surface area contributed by atoms with Gasteiger partial charge in [0.15, 0.2) is 16.4 Å². The first-order valence-corrected chi connectivity index (χ1v) is 10.5. The Hall–Kier alpha value is -2.61. The summed E-state index contributed by atoms with van der Waals surface area (Å²) in [7, 11) is -3.02. The SMILES string of the molecule is Cc1cc(C(=O)COc2ccccc2C(N)=O)c(C)n1[C@H]1CCS(=O)(=O)C1. The summed E-state index contributed by atoms with van der Waals surface area (Å²) in [6.45, 7) is 3.43. The van der Waals surface area contributed by atoms with Crippen LogP contribution in [0.15, 0.2) is 30.3 Å². The van der Waals surface area contributed by atoms with Gasteiger partial charge < -0.3 is 15.0 Å². The molecule has 1 atom stereocenters. The van der Waals surface area contributed by atoms with Gasteiger partial charge in [-0.3, -0.25) is 9.59 Å². The molecule has 1 aromatic carbocycles. The highest BCUT2D eigenvalue weighted by Crippen LogP contribution is 2.29. The molecule has 0 aliphatic carbocycles. The fraction of sp³-hybridized carbons (Fsp3) is 0.368. The minimum atomic E-state index is -3.02. The van der Waals surface area contributed by atoms with E-state index in [1.807, 2.05) is 18.4 Å². The van der Waals surface area contributed by atoms with Crippen molar-refractivity contribution in [2.24, 2.45) is 5.73 Å². The van der Waals surface area contributed by atoms with Crippen molar-refractivity contribution in [2.45, 2.75) is 26.3 Å². The summed E-state index contributed by atoms with van der Waals surface area (Å²) < 4.78 is 31.0. The van der Waals surface area contributed by atoms with Gasteiger partial charge in [0.2, 0.25) is 5.78 Å². The second-order valence-electron chi connectivity index (χ2n) is 6.78.